The number of nitrogens with one attached hydrogen (secondary N) is 2. The molecule has 1 heterocycles. The van der Waals surface area contributed by atoms with E-state index >= 15 is 0 Å². The lowest BCUT2D eigenvalue weighted by atomic mass is 9.96. The molecule has 8 nitrogen and oxygen atoms in total. The third-order valence-electron chi connectivity index (χ3n) is 6.57. The van der Waals surface area contributed by atoms with Crippen molar-refractivity contribution in [2.75, 3.05) is 12.4 Å². The highest BCUT2D eigenvalue weighted by Crippen LogP contribution is 2.39. The standard InChI is InChI=1S/C28H33N3O5S/c1-6-14-29-26(35)24-28(4,5)37-16-31(24)27(36)23(33)21(15-19-10-8-7-9-11-19)30-25(34)20-13-12-17(2)22(32)18(20)3/h1,7-13,21,23-24,32-33H,14-16H2,2-5H3,(H,29,35)(H,30,34). The Morgan fingerprint density at radius 3 is 2.51 bits per heavy atom. The lowest BCUT2D eigenvalue weighted by Crippen LogP contribution is -2.58. The molecule has 3 amide bonds. The maximum atomic E-state index is 13.6. The first-order valence-electron chi connectivity index (χ1n) is 12.0. The summed E-state index contributed by atoms with van der Waals surface area (Å²) in [6.07, 6.45) is 3.83. The molecule has 1 aliphatic rings. The van der Waals surface area contributed by atoms with Crippen molar-refractivity contribution in [3.05, 3.63) is 64.7 Å². The minimum absolute atomic E-state index is 0.0148. The smallest absolute Gasteiger partial charge is 0.254 e. The van der Waals surface area contributed by atoms with E-state index in [2.05, 4.69) is 16.6 Å². The fourth-order valence-electron chi connectivity index (χ4n) is 4.43. The highest BCUT2D eigenvalue weighted by atomic mass is 32.2. The van der Waals surface area contributed by atoms with Gasteiger partial charge in [0, 0.05) is 15.9 Å². The van der Waals surface area contributed by atoms with Gasteiger partial charge in [0.05, 0.1) is 18.5 Å². The van der Waals surface area contributed by atoms with Gasteiger partial charge in [-0.15, -0.1) is 18.2 Å². The topological polar surface area (TPSA) is 119 Å². The lowest BCUT2D eigenvalue weighted by molar-refractivity contribution is -0.147. The van der Waals surface area contributed by atoms with Crippen molar-refractivity contribution in [2.24, 2.45) is 0 Å². The second kappa shape index (κ2) is 11.7. The molecule has 3 atom stereocenters. The number of aromatic hydroxyl groups is 1. The molecule has 3 rings (SSSR count). The molecule has 37 heavy (non-hydrogen) atoms. The molecule has 1 saturated heterocycles. The molecule has 0 spiro atoms. The number of benzene rings is 2. The van der Waals surface area contributed by atoms with E-state index in [-0.39, 0.29) is 30.2 Å². The summed E-state index contributed by atoms with van der Waals surface area (Å²) in [5.74, 6) is 0.980. The second-order valence-electron chi connectivity index (χ2n) is 9.63. The highest BCUT2D eigenvalue weighted by molar-refractivity contribution is 8.00. The summed E-state index contributed by atoms with van der Waals surface area (Å²) in [6.45, 7) is 7.10. The van der Waals surface area contributed by atoms with E-state index in [9.17, 15) is 24.6 Å². The molecular weight excluding hydrogens is 490 g/mol. The van der Waals surface area contributed by atoms with Gasteiger partial charge in [-0.05, 0) is 51.3 Å². The second-order valence-corrected chi connectivity index (χ2v) is 11.2. The number of hydrogen-bond acceptors (Lipinski definition) is 6. The largest absolute Gasteiger partial charge is 0.507 e. The van der Waals surface area contributed by atoms with Crippen LogP contribution in [0.2, 0.25) is 0 Å². The van der Waals surface area contributed by atoms with Crippen LogP contribution >= 0.6 is 11.8 Å². The van der Waals surface area contributed by atoms with Crippen LogP contribution < -0.4 is 10.6 Å². The summed E-state index contributed by atoms with van der Waals surface area (Å²) < 4.78 is -0.608. The monoisotopic (exact) mass is 523 g/mol. The van der Waals surface area contributed by atoms with Crippen molar-refractivity contribution in [3.8, 4) is 18.1 Å². The van der Waals surface area contributed by atoms with E-state index in [0.29, 0.717) is 11.1 Å². The van der Waals surface area contributed by atoms with Gasteiger partial charge in [0.2, 0.25) is 5.91 Å². The molecule has 0 aliphatic carbocycles. The average Bonchev–Trinajstić information content (AvgIpc) is 3.19. The van der Waals surface area contributed by atoms with Crippen molar-refractivity contribution < 1.29 is 24.6 Å². The number of nitrogens with zero attached hydrogens (tertiary/aromatic N) is 1. The van der Waals surface area contributed by atoms with Crippen molar-refractivity contribution in [3.63, 3.8) is 0 Å². The number of terminal acetylenes is 1. The van der Waals surface area contributed by atoms with Crippen LogP contribution in [0.15, 0.2) is 42.5 Å². The lowest BCUT2D eigenvalue weighted by Gasteiger charge is -2.33. The van der Waals surface area contributed by atoms with Gasteiger partial charge >= 0.3 is 0 Å². The SMILES string of the molecule is C#CCNC(=O)C1N(C(=O)C(O)C(Cc2ccccc2)NC(=O)c2ccc(C)c(O)c2C)CSC1(C)C. The van der Waals surface area contributed by atoms with Crippen LogP contribution in [0, 0.1) is 26.2 Å². The molecule has 0 aromatic heterocycles. The van der Waals surface area contributed by atoms with Crippen molar-refractivity contribution in [1.82, 2.24) is 15.5 Å². The van der Waals surface area contributed by atoms with E-state index in [4.69, 9.17) is 6.42 Å². The number of phenolic OH excluding ortho intramolecular Hbond substituents is 1. The number of aliphatic hydroxyl groups is 1. The summed E-state index contributed by atoms with van der Waals surface area (Å²) in [4.78, 5) is 41.0. The first kappa shape index (κ1) is 28.1. The normalized spacial score (nSPS) is 17.9. The molecule has 2 aromatic rings. The molecule has 1 fully saturated rings. The first-order valence-corrected chi connectivity index (χ1v) is 12.9. The molecule has 0 saturated carbocycles. The number of amides is 3. The molecule has 196 valence electrons. The Bertz CT molecular complexity index is 1210. The van der Waals surface area contributed by atoms with Crippen LogP contribution in [0.1, 0.15) is 40.9 Å². The van der Waals surface area contributed by atoms with Crippen molar-refractivity contribution in [2.45, 2.75) is 57.1 Å². The maximum Gasteiger partial charge on any atom is 0.254 e. The Labute approximate surface area is 221 Å². The summed E-state index contributed by atoms with van der Waals surface area (Å²) >= 11 is 1.42. The number of aryl methyl sites for hydroxylation is 1. The van der Waals surface area contributed by atoms with E-state index in [1.165, 1.54) is 16.7 Å². The molecular formula is C28H33N3O5S. The Kier molecular flexibility index (Phi) is 8.89. The molecule has 0 bridgehead atoms. The Balaban J connectivity index is 1.89. The van der Waals surface area contributed by atoms with E-state index in [1.54, 1.807) is 26.0 Å². The van der Waals surface area contributed by atoms with Crippen molar-refractivity contribution >= 4 is 29.5 Å². The Hall–Kier alpha value is -3.48. The zero-order chi connectivity index (χ0) is 27.3. The first-order chi connectivity index (χ1) is 17.5. The fourth-order valence-corrected chi connectivity index (χ4v) is 5.57. The number of phenols is 1. The van der Waals surface area contributed by atoms with Crippen LogP contribution in [-0.4, -0.2) is 68.2 Å². The molecule has 4 N–H and O–H groups in total. The average molecular weight is 524 g/mol. The predicted octanol–water partition coefficient (Wildman–Crippen LogP) is 2.14. The summed E-state index contributed by atoms with van der Waals surface area (Å²) in [5.41, 5.74) is 2.08. The Morgan fingerprint density at radius 1 is 1.19 bits per heavy atom. The van der Waals surface area contributed by atoms with Crippen LogP contribution in [0.4, 0.5) is 0 Å². The molecule has 3 unspecified atom stereocenters. The quantitative estimate of drug-likeness (QED) is 0.394. The highest BCUT2D eigenvalue weighted by Gasteiger charge is 2.49. The summed E-state index contributed by atoms with van der Waals surface area (Å²) in [7, 11) is 0. The van der Waals surface area contributed by atoms with Gasteiger partial charge < -0.3 is 25.7 Å². The zero-order valence-electron chi connectivity index (χ0n) is 21.4. The van der Waals surface area contributed by atoms with Crippen LogP contribution in [0.25, 0.3) is 0 Å². The Morgan fingerprint density at radius 2 is 1.86 bits per heavy atom. The maximum absolute atomic E-state index is 13.6. The minimum atomic E-state index is -1.62. The van der Waals surface area contributed by atoms with Gasteiger partial charge in [-0.3, -0.25) is 14.4 Å². The predicted molar refractivity (Wildman–Crippen MR) is 144 cm³/mol. The zero-order valence-corrected chi connectivity index (χ0v) is 22.3. The third kappa shape index (κ3) is 6.27. The molecule has 0 radical (unpaired) electrons. The van der Waals surface area contributed by atoms with Gasteiger partial charge in [0.25, 0.3) is 11.8 Å². The van der Waals surface area contributed by atoms with E-state index in [0.717, 1.165) is 5.56 Å². The fraction of sp³-hybridized carbons (Fsp3) is 0.393. The van der Waals surface area contributed by atoms with Gasteiger partial charge in [0.15, 0.2) is 6.10 Å². The van der Waals surface area contributed by atoms with Crippen LogP contribution in [0.5, 0.6) is 5.75 Å². The number of carbonyl (C=O) groups is 3. The van der Waals surface area contributed by atoms with Crippen molar-refractivity contribution in [1.29, 1.82) is 0 Å². The number of hydrogen-bond donors (Lipinski definition) is 4. The van der Waals surface area contributed by atoms with Gasteiger partial charge in [-0.25, -0.2) is 0 Å². The minimum Gasteiger partial charge on any atom is -0.507 e. The third-order valence-corrected chi connectivity index (χ3v) is 7.94. The van der Waals surface area contributed by atoms with Crippen LogP contribution in [0.3, 0.4) is 0 Å². The van der Waals surface area contributed by atoms with Gasteiger partial charge in [-0.2, -0.15) is 0 Å². The van der Waals surface area contributed by atoms with Crippen LogP contribution in [-0.2, 0) is 16.0 Å². The van der Waals surface area contributed by atoms with E-state index in [1.807, 2.05) is 44.2 Å². The summed E-state index contributed by atoms with van der Waals surface area (Å²) in [5, 5.41) is 27.0. The number of carbonyl (C=O) groups excluding carboxylic acids is 3. The number of aliphatic hydroxyl groups excluding tert-OH is 1. The molecule has 2 aromatic carbocycles. The summed E-state index contributed by atoms with van der Waals surface area (Å²) in [6, 6.07) is 10.6. The molecule has 9 heteroatoms. The van der Waals surface area contributed by atoms with Gasteiger partial charge in [-0.1, -0.05) is 42.3 Å². The van der Waals surface area contributed by atoms with E-state index < -0.39 is 40.7 Å². The number of thioether (sulfide) groups is 1. The molecule has 1 aliphatic heterocycles. The van der Waals surface area contributed by atoms with Gasteiger partial charge in [0.1, 0.15) is 11.8 Å². The number of rotatable bonds is 8.